The molecule has 5 rings (SSSR count). The van der Waals surface area contributed by atoms with Gasteiger partial charge < -0.3 is 36.2 Å². The fourth-order valence-corrected chi connectivity index (χ4v) is 6.53. The Hall–Kier alpha value is -4.07. The number of likely N-dealkylation sites (tertiary alicyclic amines) is 1. The van der Waals surface area contributed by atoms with Crippen LogP contribution in [0.5, 0.6) is 11.5 Å². The van der Waals surface area contributed by atoms with E-state index in [4.69, 9.17) is 31.3 Å². The number of nitrogens with two attached hydrogens (primary N) is 2. The number of nitrogens with one attached hydrogen (secondary N) is 1. The number of rotatable bonds is 10. The molecule has 15 heteroatoms. The molecule has 47 heavy (non-hydrogen) atoms. The fourth-order valence-electron chi connectivity index (χ4n) is 6.53. The second-order valence-corrected chi connectivity index (χ2v) is 12.0. The summed E-state index contributed by atoms with van der Waals surface area (Å²) in [5.74, 6) is 0.303. The number of fused-ring (bicyclic) bond motifs is 1. The van der Waals surface area contributed by atoms with Crippen LogP contribution in [-0.4, -0.2) is 67.4 Å². The van der Waals surface area contributed by atoms with Crippen molar-refractivity contribution in [3.8, 4) is 11.5 Å². The van der Waals surface area contributed by atoms with Crippen molar-refractivity contribution in [2.75, 3.05) is 13.1 Å². The van der Waals surface area contributed by atoms with Gasteiger partial charge in [-0.05, 0) is 82.0 Å². The summed E-state index contributed by atoms with van der Waals surface area (Å²) in [6, 6.07) is 12.4. The van der Waals surface area contributed by atoms with Crippen molar-refractivity contribution < 1.29 is 29.4 Å². The van der Waals surface area contributed by atoms with Crippen LogP contribution in [0.2, 0.25) is 0 Å². The molecule has 1 aliphatic heterocycles. The standard InChI is InChI=1S/C32H41N7O6.2ClH/c1-19(40)32(35,23-6-3-21(4-7-23)31(41)42)39-28-12-5-22(30(34)37-43)17-27(28)36-29(39)18-44-24-8-10-25(11-9-24)45-26-13-15-38(16-14-26)20(2)33;;/h5,8-12,17,21,23,26,33,43H,3-4,6-7,13-16,18,35H2,1-2H3,(H2,34,37)(H,41,42);2*1H. The van der Waals surface area contributed by atoms with Gasteiger partial charge in [-0.2, -0.15) is 0 Å². The number of Topliss-reactive ketones (excluding diaryl/α,β-unsaturated/α-hetero) is 1. The van der Waals surface area contributed by atoms with Crippen LogP contribution in [0, 0.1) is 17.2 Å². The van der Waals surface area contributed by atoms with Crippen molar-refractivity contribution in [2.24, 2.45) is 28.5 Å². The molecule has 1 aliphatic carbocycles. The normalized spacial score (nSPS) is 20.0. The van der Waals surface area contributed by atoms with Gasteiger partial charge in [0.1, 0.15) is 30.0 Å². The third-order valence-corrected chi connectivity index (χ3v) is 9.17. The second kappa shape index (κ2) is 15.7. The third kappa shape index (κ3) is 7.91. The number of aliphatic carboxylic acids is 1. The van der Waals surface area contributed by atoms with Crippen LogP contribution < -0.4 is 20.9 Å². The summed E-state index contributed by atoms with van der Waals surface area (Å²) in [6.07, 6.45) is 3.56. The Morgan fingerprint density at radius 3 is 2.19 bits per heavy atom. The molecule has 2 fully saturated rings. The SMILES string of the molecule is CC(=N)N1CCC(Oc2ccc(OCc3nc4cc(/C(N)=N\O)ccc4n3C(N)(C(C)=O)C3CCC(C(=O)O)CC3)cc2)CC1.Cl.Cl. The maximum Gasteiger partial charge on any atom is 0.306 e. The number of oxime groups is 1. The van der Waals surface area contributed by atoms with E-state index in [0.717, 1.165) is 31.7 Å². The zero-order valence-electron chi connectivity index (χ0n) is 26.4. The van der Waals surface area contributed by atoms with E-state index in [1.165, 1.54) is 6.92 Å². The van der Waals surface area contributed by atoms with Gasteiger partial charge in [0, 0.05) is 37.4 Å². The quantitative estimate of drug-likeness (QED) is 0.0872. The first-order valence-corrected chi connectivity index (χ1v) is 15.2. The lowest BCUT2D eigenvalue weighted by molar-refractivity contribution is -0.143. The Balaban J connectivity index is 0.00000300. The highest BCUT2D eigenvalue weighted by Crippen LogP contribution is 2.40. The van der Waals surface area contributed by atoms with Gasteiger partial charge in [-0.3, -0.25) is 19.6 Å². The van der Waals surface area contributed by atoms with Gasteiger partial charge in [-0.25, -0.2) is 4.98 Å². The van der Waals surface area contributed by atoms with E-state index >= 15 is 0 Å². The number of hydrogen-bond donors (Lipinski definition) is 5. The Morgan fingerprint density at radius 1 is 1.02 bits per heavy atom. The van der Waals surface area contributed by atoms with E-state index in [1.807, 2.05) is 29.2 Å². The first-order valence-electron chi connectivity index (χ1n) is 15.2. The van der Waals surface area contributed by atoms with E-state index in [-0.39, 0.29) is 55.1 Å². The highest BCUT2D eigenvalue weighted by molar-refractivity contribution is 6.00. The molecule has 2 heterocycles. The van der Waals surface area contributed by atoms with Crippen molar-refractivity contribution in [1.82, 2.24) is 14.5 Å². The Morgan fingerprint density at radius 2 is 1.64 bits per heavy atom. The summed E-state index contributed by atoms with van der Waals surface area (Å²) in [7, 11) is 0. The van der Waals surface area contributed by atoms with Crippen LogP contribution in [0.15, 0.2) is 47.6 Å². The molecule has 0 bridgehead atoms. The van der Waals surface area contributed by atoms with Crippen LogP contribution in [-0.2, 0) is 21.9 Å². The smallest absolute Gasteiger partial charge is 0.306 e. The lowest BCUT2D eigenvalue weighted by Crippen LogP contribution is -2.56. The Kier molecular flexibility index (Phi) is 12.5. The zero-order valence-corrected chi connectivity index (χ0v) is 28.1. The molecule has 2 aromatic carbocycles. The zero-order chi connectivity index (χ0) is 32.3. The van der Waals surface area contributed by atoms with Crippen LogP contribution in [0.25, 0.3) is 11.0 Å². The average molecular weight is 693 g/mol. The Bertz CT molecular complexity index is 1600. The molecular formula is C32H43Cl2N7O6. The van der Waals surface area contributed by atoms with Crippen molar-refractivity contribution in [1.29, 1.82) is 5.41 Å². The van der Waals surface area contributed by atoms with Gasteiger partial charge in [0.25, 0.3) is 0 Å². The number of amidine groups is 2. The second-order valence-electron chi connectivity index (χ2n) is 12.0. The lowest BCUT2D eigenvalue weighted by atomic mass is 9.74. The molecule has 256 valence electrons. The third-order valence-electron chi connectivity index (χ3n) is 9.17. The Labute approximate surface area is 285 Å². The molecule has 1 saturated heterocycles. The predicted molar refractivity (Wildman–Crippen MR) is 182 cm³/mol. The van der Waals surface area contributed by atoms with Crippen molar-refractivity contribution in [2.45, 2.75) is 70.7 Å². The van der Waals surface area contributed by atoms with Crippen LogP contribution in [0.1, 0.15) is 63.8 Å². The van der Waals surface area contributed by atoms with Gasteiger partial charge in [0.2, 0.25) is 0 Å². The molecule has 1 saturated carbocycles. The summed E-state index contributed by atoms with van der Waals surface area (Å²) in [5.41, 5.74) is 12.9. The predicted octanol–water partition coefficient (Wildman–Crippen LogP) is 4.49. The van der Waals surface area contributed by atoms with Crippen LogP contribution in [0.3, 0.4) is 0 Å². The molecule has 0 radical (unpaired) electrons. The minimum absolute atomic E-state index is 0. The van der Waals surface area contributed by atoms with Crippen LogP contribution >= 0.6 is 24.8 Å². The van der Waals surface area contributed by atoms with Gasteiger partial charge in [0.15, 0.2) is 17.3 Å². The number of halogens is 2. The number of ether oxygens (including phenoxy) is 2. The molecule has 13 nitrogen and oxygen atoms in total. The molecule has 0 amide bonds. The maximum atomic E-state index is 13.4. The highest BCUT2D eigenvalue weighted by Gasteiger charge is 2.46. The molecule has 1 unspecified atom stereocenters. The minimum atomic E-state index is -1.50. The molecule has 0 spiro atoms. The summed E-state index contributed by atoms with van der Waals surface area (Å²) in [6.45, 7) is 4.83. The van der Waals surface area contributed by atoms with E-state index < -0.39 is 17.6 Å². The fraction of sp³-hybridized carbons (Fsp3) is 0.469. The number of carbonyl (C=O) groups is 2. The number of piperidine rings is 1. The van der Waals surface area contributed by atoms with Gasteiger partial charge in [0.05, 0.1) is 22.8 Å². The van der Waals surface area contributed by atoms with E-state index in [9.17, 15) is 19.9 Å². The summed E-state index contributed by atoms with van der Waals surface area (Å²) >= 11 is 0. The molecule has 3 aromatic rings. The summed E-state index contributed by atoms with van der Waals surface area (Å²) in [4.78, 5) is 31.8. The number of imidazole rings is 1. The van der Waals surface area contributed by atoms with Gasteiger partial charge in [-0.15, -0.1) is 24.8 Å². The minimum Gasteiger partial charge on any atom is -0.490 e. The van der Waals surface area contributed by atoms with Gasteiger partial charge >= 0.3 is 5.97 Å². The number of carboxylic acid groups (broad SMARTS) is 1. The number of carbonyl (C=O) groups excluding carboxylic acids is 1. The summed E-state index contributed by atoms with van der Waals surface area (Å²) < 4.78 is 14.0. The van der Waals surface area contributed by atoms with Crippen molar-refractivity contribution in [3.63, 3.8) is 0 Å². The van der Waals surface area contributed by atoms with Gasteiger partial charge in [-0.1, -0.05) is 5.16 Å². The summed E-state index contributed by atoms with van der Waals surface area (Å²) in [5, 5.41) is 29.6. The largest absolute Gasteiger partial charge is 0.490 e. The number of ketones is 1. The van der Waals surface area contributed by atoms with E-state index in [0.29, 0.717) is 59.7 Å². The van der Waals surface area contributed by atoms with Crippen molar-refractivity contribution in [3.05, 3.63) is 53.9 Å². The number of nitrogens with zero attached hydrogens (tertiary/aromatic N) is 4. The topological polar surface area (TPSA) is 202 Å². The molecule has 1 aromatic heterocycles. The van der Waals surface area contributed by atoms with E-state index in [1.54, 1.807) is 29.7 Å². The van der Waals surface area contributed by atoms with Crippen molar-refractivity contribution >= 4 is 59.3 Å². The van der Waals surface area contributed by atoms with Crippen LogP contribution in [0.4, 0.5) is 0 Å². The molecular weight excluding hydrogens is 649 g/mol. The molecule has 2 aliphatic rings. The number of carboxylic acids is 1. The first-order chi connectivity index (χ1) is 21.5. The average Bonchev–Trinajstić information content (AvgIpc) is 3.42. The number of hydrogen-bond acceptors (Lipinski definition) is 9. The first kappa shape index (κ1) is 37.4. The maximum absolute atomic E-state index is 13.4. The number of aromatic nitrogens is 2. The number of benzene rings is 2. The molecule has 1 atom stereocenters. The lowest BCUT2D eigenvalue weighted by Gasteiger charge is -2.41. The molecule has 7 N–H and O–H groups in total. The highest BCUT2D eigenvalue weighted by atomic mass is 35.5. The monoisotopic (exact) mass is 691 g/mol. The van der Waals surface area contributed by atoms with E-state index in [2.05, 4.69) is 5.16 Å².